The third-order valence-corrected chi connectivity index (χ3v) is 7.84. The van der Waals surface area contributed by atoms with E-state index in [4.69, 9.17) is 11.6 Å². The van der Waals surface area contributed by atoms with Gasteiger partial charge in [-0.3, -0.25) is 14.5 Å². The Morgan fingerprint density at radius 2 is 1.81 bits per heavy atom. The molecule has 1 aromatic heterocycles. The molecule has 4 rings (SSSR count). The summed E-state index contributed by atoms with van der Waals surface area (Å²) in [6.45, 7) is 7.53. The van der Waals surface area contributed by atoms with Crippen molar-refractivity contribution >= 4 is 34.8 Å². The van der Waals surface area contributed by atoms with Gasteiger partial charge in [0.15, 0.2) is 0 Å². The first kappa shape index (κ1) is 22.3. The van der Waals surface area contributed by atoms with Crippen LogP contribution in [0.5, 0.6) is 0 Å². The van der Waals surface area contributed by atoms with Crippen LogP contribution in [-0.4, -0.2) is 71.2 Å². The van der Waals surface area contributed by atoms with Gasteiger partial charge in [-0.25, -0.2) is 0 Å². The summed E-state index contributed by atoms with van der Waals surface area (Å²) < 4.78 is 0. The SMILES string of the molecule is Cc1ccccc1[C@@H]1c2ccsc2CCN1[C@H](C)C(=O)N1CCCN(C(=O)CCl)CC1. The number of fused-ring (bicyclic) bond motifs is 1. The molecule has 0 radical (unpaired) electrons. The number of thiophene rings is 1. The summed E-state index contributed by atoms with van der Waals surface area (Å²) in [5, 5.41) is 2.17. The Bertz CT molecular complexity index is 946. The average molecular weight is 460 g/mol. The van der Waals surface area contributed by atoms with E-state index in [0.717, 1.165) is 19.4 Å². The number of nitrogens with zero attached hydrogens (tertiary/aromatic N) is 3. The molecule has 2 atom stereocenters. The van der Waals surface area contributed by atoms with Gasteiger partial charge in [-0.15, -0.1) is 22.9 Å². The molecule has 2 amide bonds. The normalized spacial score (nSPS) is 20.8. The fraction of sp³-hybridized carbons (Fsp3) is 0.500. The summed E-state index contributed by atoms with van der Waals surface area (Å²) in [5.41, 5.74) is 3.86. The van der Waals surface area contributed by atoms with Gasteiger partial charge in [0.05, 0.1) is 12.1 Å². The molecule has 1 fully saturated rings. The molecule has 2 aliphatic rings. The minimum absolute atomic E-state index is 0.000786. The number of halogens is 1. The third-order valence-electron chi connectivity index (χ3n) is 6.62. The van der Waals surface area contributed by atoms with Gasteiger partial charge in [-0.05, 0) is 54.8 Å². The number of hydrogen-bond donors (Lipinski definition) is 0. The highest BCUT2D eigenvalue weighted by Crippen LogP contribution is 2.40. The van der Waals surface area contributed by atoms with Gasteiger partial charge in [-0.1, -0.05) is 24.3 Å². The maximum Gasteiger partial charge on any atom is 0.239 e. The Hall–Kier alpha value is -1.89. The van der Waals surface area contributed by atoms with Crippen molar-refractivity contribution in [1.82, 2.24) is 14.7 Å². The monoisotopic (exact) mass is 459 g/mol. The van der Waals surface area contributed by atoms with Crippen LogP contribution in [0.1, 0.15) is 41.0 Å². The zero-order valence-electron chi connectivity index (χ0n) is 18.2. The third kappa shape index (κ3) is 4.52. The molecule has 0 spiro atoms. The molecule has 3 heterocycles. The Morgan fingerprint density at radius 1 is 1.06 bits per heavy atom. The van der Waals surface area contributed by atoms with Gasteiger partial charge in [-0.2, -0.15) is 0 Å². The van der Waals surface area contributed by atoms with Crippen molar-refractivity contribution in [2.45, 2.75) is 38.8 Å². The summed E-state index contributed by atoms with van der Waals surface area (Å²) in [5.74, 6) is 0.0984. The zero-order valence-corrected chi connectivity index (χ0v) is 19.8. The van der Waals surface area contributed by atoms with Crippen molar-refractivity contribution in [1.29, 1.82) is 0 Å². The van der Waals surface area contributed by atoms with Crippen molar-refractivity contribution in [2.75, 3.05) is 38.6 Å². The zero-order chi connectivity index (χ0) is 22.0. The van der Waals surface area contributed by atoms with E-state index in [1.807, 2.05) is 23.2 Å². The van der Waals surface area contributed by atoms with Crippen LogP contribution in [-0.2, 0) is 16.0 Å². The Morgan fingerprint density at radius 3 is 2.58 bits per heavy atom. The van der Waals surface area contributed by atoms with Gasteiger partial charge in [0.1, 0.15) is 5.88 Å². The van der Waals surface area contributed by atoms with Crippen LogP contribution in [0.3, 0.4) is 0 Å². The Balaban J connectivity index is 1.56. The van der Waals surface area contributed by atoms with Crippen molar-refractivity contribution in [3.8, 4) is 0 Å². The van der Waals surface area contributed by atoms with E-state index in [2.05, 4.69) is 47.5 Å². The Kier molecular flexibility index (Phi) is 6.99. The summed E-state index contributed by atoms with van der Waals surface area (Å²) in [6.07, 6.45) is 1.77. The van der Waals surface area contributed by atoms with E-state index in [9.17, 15) is 9.59 Å². The van der Waals surface area contributed by atoms with Crippen LogP contribution < -0.4 is 0 Å². The molecular formula is C24H30ClN3O2S. The molecule has 0 bridgehead atoms. The Labute approximate surface area is 193 Å². The first-order valence-electron chi connectivity index (χ1n) is 11.0. The summed E-state index contributed by atoms with van der Waals surface area (Å²) in [4.78, 5) is 33.1. The predicted octanol–water partition coefficient (Wildman–Crippen LogP) is 3.69. The van der Waals surface area contributed by atoms with Crippen LogP contribution in [0.25, 0.3) is 0 Å². The minimum atomic E-state index is -0.229. The minimum Gasteiger partial charge on any atom is -0.340 e. The van der Waals surface area contributed by atoms with E-state index >= 15 is 0 Å². The molecule has 0 saturated carbocycles. The second-order valence-corrected chi connectivity index (χ2v) is 9.68. The fourth-order valence-electron chi connectivity index (χ4n) is 4.87. The number of rotatable bonds is 4. The van der Waals surface area contributed by atoms with Gasteiger partial charge in [0.2, 0.25) is 11.8 Å². The maximum atomic E-state index is 13.6. The quantitative estimate of drug-likeness (QED) is 0.655. The molecule has 0 aliphatic carbocycles. The van der Waals surface area contributed by atoms with Crippen molar-refractivity contribution in [2.24, 2.45) is 0 Å². The number of benzene rings is 1. The first-order valence-corrected chi connectivity index (χ1v) is 12.4. The molecule has 0 N–H and O–H groups in total. The van der Waals surface area contributed by atoms with Crippen molar-refractivity contribution < 1.29 is 9.59 Å². The van der Waals surface area contributed by atoms with Crippen LogP contribution in [0.2, 0.25) is 0 Å². The van der Waals surface area contributed by atoms with E-state index < -0.39 is 0 Å². The van der Waals surface area contributed by atoms with Gasteiger partial charge < -0.3 is 9.80 Å². The van der Waals surface area contributed by atoms with Crippen LogP contribution in [0.4, 0.5) is 0 Å². The number of amides is 2. The van der Waals surface area contributed by atoms with Crippen molar-refractivity contribution in [3.63, 3.8) is 0 Å². The molecule has 1 saturated heterocycles. The molecule has 166 valence electrons. The molecule has 31 heavy (non-hydrogen) atoms. The summed E-state index contributed by atoms with van der Waals surface area (Å²) in [6, 6.07) is 10.6. The molecule has 1 aromatic carbocycles. The maximum absolute atomic E-state index is 13.6. The summed E-state index contributed by atoms with van der Waals surface area (Å²) in [7, 11) is 0. The number of carbonyl (C=O) groups excluding carboxylic acids is 2. The topological polar surface area (TPSA) is 43.9 Å². The van der Waals surface area contributed by atoms with Gasteiger partial charge in [0, 0.05) is 37.6 Å². The number of aryl methyl sites for hydroxylation is 1. The number of hydrogen-bond acceptors (Lipinski definition) is 4. The molecule has 2 aliphatic heterocycles. The van der Waals surface area contributed by atoms with Gasteiger partial charge in [0.25, 0.3) is 0 Å². The summed E-state index contributed by atoms with van der Waals surface area (Å²) >= 11 is 7.55. The van der Waals surface area contributed by atoms with E-state index in [-0.39, 0.29) is 29.8 Å². The first-order chi connectivity index (χ1) is 15.0. The second kappa shape index (κ2) is 9.72. The molecule has 0 unspecified atom stereocenters. The lowest BCUT2D eigenvalue weighted by molar-refractivity contribution is -0.137. The van der Waals surface area contributed by atoms with Gasteiger partial charge >= 0.3 is 0 Å². The second-order valence-electron chi connectivity index (χ2n) is 8.42. The predicted molar refractivity (Wildman–Crippen MR) is 126 cm³/mol. The molecule has 5 nitrogen and oxygen atoms in total. The highest BCUT2D eigenvalue weighted by molar-refractivity contribution is 7.10. The number of carbonyl (C=O) groups is 2. The smallest absolute Gasteiger partial charge is 0.239 e. The van der Waals surface area contributed by atoms with E-state index in [1.165, 1.54) is 21.6 Å². The molecule has 2 aromatic rings. The fourth-order valence-corrected chi connectivity index (χ4v) is 5.94. The lowest BCUT2D eigenvalue weighted by Crippen LogP contribution is -2.51. The van der Waals surface area contributed by atoms with E-state index in [1.54, 1.807) is 4.90 Å². The molecular weight excluding hydrogens is 430 g/mol. The van der Waals surface area contributed by atoms with Crippen LogP contribution in [0.15, 0.2) is 35.7 Å². The van der Waals surface area contributed by atoms with E-state index in [0.29, 0.717) is 26.2 Å². The van der Waals surface area contributed by atoms with Crippen LogP contribution >= 0.6 is 22.9 Å². The molecule has 7 heteroatoms. The highest BCUT2D eigenvalue weighted by Gasteiger charge is 2.37. The average Bonchev–Trinajstić information content (AvgIpc) is 3.13. The lowest BCUT2D eigenvalue weighted by atomic mass is 9.89. The standard InChI is InChI=1S/C24H30ClN3O2S/c1-17-6-3-4-7-19(17)23-20-9-15-31-21(20)8-12-28(23)18(2)24(30)27-11-5-10-26(13-14-27)22(29)16-25/h3-4,6-7,9,15,18,23H,5,8,10-14,16H2,1-2H3/t18-,23-/m1/s1. The van der Waals surface area contributed by atoms with Crippen LogP contribution in [0, 0.1) is 6.92 Å². The largest absolute Gasteiger partial charge is 0.340 e. The van der Waals surface area contributed by atoms with Crippen molar-refractivity contribution in [3.05, 3.63) is 57.3 Å². The highest BCUT2D eigenvalue weighted by atomic mass is 35.5. The lowest BCUT2D eigenvalue weighted by Gasteiger charge is -2.41. The number of alkyl halides is 1.